The average molecular weight is 532 g/mol. The number of ether oxygens (including phenoxy) is 4. The lowest BCUT2D eigenvalue weighted by Gasteiger charge is -2.32. The number of hydrogen-bond acceptors (Lipinski definition) is 8. The van der Waals surface area contributed by atoms with Crippen molar-refractivity contribution in [3.8, 4) is 11.5 Å². The standard InChI is InChI=1S/C29H45N3O6/c1-2-3-4-5-8-27(33)30-24(22-32-12-6-7-13-32)29(23-9-10-25-26(21-23)37-20-19-36-25)38-28(34)11-14-31-15-17-35-18-16-31/h9-10,21,24,29H,2-8,11-20,22H2,1H3,(H,30,33)/t24-,29-/m1/s1. The van der Waals surface area contributed by atoms with E-state index in [0.29, 0.717) is 63.9 Å². The molecule has 0 aromatic heterocycles. The van der Waals surface area contributed by atoms with E-state index in [0.717, 1.165) is 70.3 Å². The van der Waals surface area contributed by atoms with Gasteiger partial charge in [-0.15, -0.1) is 0 Å². The van der Waals surface area contributed by atoms with Crippen LogP contribution in [0.15, 0.2) is 18.2 Å². The van der Waals surface area contributed by atoms with Crippen LogP contribution in [0.4, 0.5) is 0 Å². The Morgan fingerprint density at radius 3 is 2.45 bits per heavy atom. The Bertz CT molecular complexity index is 885. The van der Waals surface area contributed by atoms with Gasteiger partial charge in [-0.05, 0) is 50.0 Å². The van der Waals surface area contributed by atoms with Crippen molar-refractivity contribution >= 4 is 11.9 Å². The van der Waals surface area contributed by atoms with E-state index in [4.69, 9.17) is 18.9 Å². The van der Waals surface area contributed by atoms with E-state index in [-0.39, 0.29) is 17.9 Å². The van der Waals surface area contributed by atoms with E-state index < -0.39 is 6.10 Å². The van der Waals surface area contributed by atoms with E-state index in [1.807, 2.05) is 18.2 Å². The molecule has 0 aliphatic carbocycles. The van der Waals surface area contributed by atoms with Gasteiger partial charge in [0.25, 0.3) is 0 Å². The number of hydrogen-bond donors (Lipinski definition) is 1. The number of rotatable bonds is 14. The third kappa shape index (κ3) is 8.85. The molecular formula is C29H45N3O6. The zero-order valence-electron chi connectivity index (χ0n) is 23.0. The second-order valence-corrected chi connectivity index (χ2v) is 10.5. The monoisotopic (exact) mass is 531 g/mol. The predicted octanol–water partition coefficient (Wildman–Crippen LogP) is 3.32. The van der Waals surface area contributed by atoms with Gasteiger partial charge in [0.1, 0.15) is 19.3 Å². The summed E-state index contributed by atoms with van der Waals surface area (Å²) in [6.45, 7) is 9.43. The van der Waals surface area contributed by atoms with Crippen LogP contribution in [0.1, 0.15) is 70.0 Å². The fourth-order valence-corrected chi connectivity index (χ4v) is 5.35. The summed E-state index contributed by atoms with van der Waals surface area (Å²) in [5.41, 5.74) is 0.810. The van der Waals surface area contributed by atoms with Crippen molar-refractivity contribution in [3.63, 3.8) is 0 Å². The van der Waals surface area contributed by atoms with Crippen LogP contribution in [0, 0.1) is 0 Å². The van der Waals surface area contributed by atoms with Crippen LogP contribution in [0.5, 0.6) is 11.5 Å². The molecule has 1 amide bonds. The number of amides is 1. The van der Waals surface area contributed by atoms with Crippen molar-refractivity contribution in [2.75, 3.05) is 65.7 Å². The van der Waals surface area contributed by atoms with Crippen LogP contribution in [-0.2, 0) is 19.1 Å². The minimum absolute atomic E-state index is 0.0113. The lowest BCUT2D eigenvalue weighted by atomic mass is 10.00. The topological polar surface area (TPSA) is 89.6 Å². The fourth-order valence-electron chi connectivity index (χ4n) is 5.35. The van der Waals surface area contributed by atoms with E-state index in [2.05, 4.69) is 22.0 Å². The van der Waals surface area contributed by atoms with Gasteiger partial charge in [0.2, 0.25) is 5.91 Å². The number of likely N-dealkylation sites (tertiary alicyclic amines) is 1. The van der Waals surface area contributed by atoms with Crippen molar-refractivity contribution in [1.82, 2.24) is 15.1 Å². The third-order valence-corrected chi connectivity index (χ3v) is 7.51. The van der Waals surface area contributed by atoms with Gasteiger partial charge in [0.05, 0.1) is 25.7 Å². The average Bonchev–Trinajstić information content (AvgIpc) is 3.46. The first-order valence-electron chi connectivity index (χ1n) is 14.5. The van der Waals surface area contributed by atoms with Gasteiger partial charge in [0, 0.05) is 32.6 Å². The quantitative estimate of drug-likeness (QED) is 0.289. The molecule has 0 saturated carbocycles. The van der Waals surface area contributed by atoms with Gasteiger partial charge in [-0.2, -0.15) is 0 Å². The molecule has 1 N–H and O–H groups in total. The lowest BCUT2D eigenvalue weighted by Crippen LogP contribution is -2.48. The second-order valence-electron chi connectivity index (χ2n) is 10.5. The number of nitrogens with one attached hydrogen (secondary N) is 1. The van der Waals surface area contributed by atoms with Gasteiger partial charge < -0.3 is 29.2 Å². The number of fused-ring (bicyclic) bond motifs is 1. The Morgan fingerprint density at radius 2 is 1.68 bits per heavy atom. The predicted molar refractivity (Wildman–Crippen MR) is 145 cm³/mol. The maximum atomic E-state index is 13.2. The minimum atomic E-state index is -0.622. The maximum Gasteiger partial charge on any atom is 0.307 e. The van der Waals surface area contributed by atoms with Crippen LogP contribution < -0.4 is 14.8 Å². The molecule has 1 aromatic carbocycles. The Kier molecular flexibility index (Phi) is 11.5. The highest BCUT2D eigenvalue weighted by atomic mass is 16.6. The van der Waals surface area contributed by atoms with E-state index >= 15 is 0 Å². The molecule has 3 aliphatic rings. The summed E-state index contributed by atoms with van der Waals surface area (Å²) in [5, 5.41) is 3.25. The minimum Gasteiger partial charge on any atom is -0.486 e. The number of benzene rings is 1. The molecule has 212 valence electrons. The summed E-state index contributed by atoms with van der Waals surface area (Å²) in [6, 6.07) is 5.34. The smallest absolute Gasteiger partial charge is 0.307 e. The fraction of sp³-hybridized carbons (Fsp3) is 0.724. The summed E-state index contributed by atoms with van der Waals surface area (Å²) in [5.74, 6) is 1.08. The molecule has 3 heterocycles. The first-order chi connectivity index (χ1) is 18.6. The highest BCUT2D eigenvalue weighted by Crippen LogP contribution is 2.35. The highest BCUT2D eigenvalue weighted by Gasteiger charge is 2.32. The van der Waals surface area contributed by atoms with Crippen molar-refractivity contribution in [2.24, 2.45) is 0 Å². The van der Waals surface area contributed by atoms with Crippen LogP contribution in [0.25, 0.3) is 0 Å². The number of nitrogens with zero attached hydrogens (tertiary/aromatic N) is 2. The number of carbonyl (C=O) groups is 2. The van der Waals surface area contributed by atoms with Gasteiger partial charge in [-0.25, -0.2) is 0 Å². The van der Waals surface area contributed by atoms with Crippen molar-refractivity contribution in [2.45, 2.75) is 70.4 Å². The normalized spacial score (nSPS) is 19.6. The molecule has 9 heteroatoms. The largest absolute Gasteiger partial charge is 0.486 e. The third-order valence-electron chi connectivity index (χ3n) is 7.51. The van der Waals surface area contributed by atoms with Gasteiger partial charge in [-0.3, -0.25) is 14.5 Å². The van der Waals surface area contributed by atoms with Crippen LogP contribution in [-0.4, -0.2) is 93.4 Å². The molecule has 0 unspecified atom stereocenters. The molecule has 1 aromatic rings. The summed E-state index contributed by atoms with van der Waals surface area (Å²) in [7, 11) is 0. The molecule has 3 aliphatic heterocycles. The van der Waals surface area contributed by atoms with Crippen LogP contribution >= 0.6 is 0 Å². The van der Waals surface area contributed by atoms with Crippen molar-refractivity contribution in [3.05, 3.63) is 23.8 Å². The number of carbonyl (C=O) groups excluding carboxylic acids is 2. The zero-order chi connectivity index (χ0) is 26.6. The summed E-state index contributed by atoms with van der Waals surface area (Å²) >= 11 is 0. The van der Waals surface area contributed by atoms with Gasteiger partial charge in [-0.1, -0.05) is 32.3 Å². The first-order valence-corrected chi connectivity index (χ1v) is 14.5. The number of esters is 1. The van der Waals surface area contributed by atoms with Gasteiger partial charge >= 0.3 is 5.97 Å². The Hall–Kier alpha value is -2.36. The van der Waals surface area contributed by atoms with Crippen molar-refractivity contribution < 1.29 is 28.5 Å². The van der Waals surface area contributed by atoms with Crippen LogP contribution in [0.2, 0.25) is 0 Å². The van der Waals surface area contributed by atoms with Gasteiger partial charge in [0.15, 0.2) is 11.5 Å². The SMILES string of the molecule is CCCCCCC(=O)N[C@H](CN1CCCC1)[C@H](OC(=O)CCN1CCOCC1)c1ccc2c(c1)OCCO2. The van der Waals surface area contributed by atoms with E-state index in [1.165, 1.54) is 0 Å². The number of unbranched alkanes of at least 4 members (excludes halogenated alkanes) is 3. The highest BCUT2D eigenvalue weighted by molar-refractivity contribution is 5.76. The molecule has 0 bridgehead atoms. The maximum absolute atomic E-state index is 13.2. The molecule has 4 rings (SSSR count). The molecule has 2 atom stereocenters. The number of morpholine rings is 1. The summed E-state index contributed by atoms with van der Waals surface area (Å²) < 4.78 is 23.2. The molecular weight excluding hydrogens is 486 g/mol. The molecule has 2 fully saturated rings. The van der Waals surface area contributed by atoms with Crippen LogP contribution in [0.3, 0.4) is 0 Å². The molecule has 38 heavy (non-hydrogen) atoms. The summed E-state index contributed by atoms with van der Waals surface area (Å²) in [4.78, 5) is 30.8. The molecule has 2 saturated heterocycles. The van der Waals surface area contributed by atoms with Crippen molar-refractivity contribution in [1.29, 1.82) is 0 Å². The molecule has 0 radical (unpaired) electrons. The second kappa shape index (κ2) is 15.3. The van der Waals surface area contributed by atoms with E-state index in [9.17, 15) is 9.59 Å². The molecule has 0 spiro atoms. The Morgan fingerprint density at radius 1 is 0.921 bits per heavy atom. The molecule has 9 nitrogen and oxygen atoms in total. The Labute approximate surface area is 227 Å². The van der Waals surface area contributed by atoms with E-state index in [1.54, 1.807) is 0 Å². The first kappa shape index (κ1) is 28.6. The summed E-state index contributed by atoms with van der Waals surface area (Å²) in [6.07, 6.45) is 6.61. The zero-order valence-corrected chi connectivity index (χ0v) is 23.0. The Balaban J connectivity index is 1.50. The lowest BCUT2D eigenvalue weighted by molar-refractivity contribution is -0.153.